The van der Waals surface area contributed by atoms with Gasteiger partial charge in [0.15, 0.2) is 6.23 Å². The van der Waals surface area contributed by atoms with Crippen LogP contribution in [0.5, 0.6) is 0 Å². The second kappa shape index (κ2) is 7.85. The van der Waals surface area contributed by atoms with Crippen molar-refractivity contribution in [2.75, 3.05) is 14.2 Å². The fourth-order valence-electron chi connectivity index (χ4n) is 4.15. The maximum absolute atomic E-state index is 12.4. The number of hydrogen-bond donors (Lipinski definition) is 2. The lowest BCUT2D eigenvalue weighted by molar-refractivity contribution is -0.154. The summed E-state index contributed by atoms with van der Waals surface area (Å²) in [7, 11) is -1.84. The summed E-state index contributed by atoms with van der Waals surface area (Å²) in [5, 5.41) is 0. The van der Waals surface area contributed by atoms with Crippen LogP contribution < -0.4 is 11.2 Å². The van der Waals surface area contributed by atoms with E-state index in [1.54, 1.807) is 6.92 Å². The summed E-state index contributed by atoms with van der Waals surface area (Å²) in [6.45, 7) is 3.48. The predicted molar refractivity (Wildman–Crippen MR) is 99.0 cm³/mol. The van der Waals surface area contributed by atoms with Gasteiger partial charge in [-0.1, -0.05) is 13.3 Å². The maximum atomic E-state index is 12.4. The first-order chi connectivity index (χ1) is 13.2. The molecule has 1 aromatic heterocycles. The summed E-state index contributed by atoms with van der Waals surface area (Å²) in [6, 6.07) is 0. The van der Waals surface area contributed by atoms with Crippen LogP contribution in [0.25, 0.3) is 0 Å². The minimum atomic E-state index is -4.34. The zero-order valence-corrected chi connectivity index (χ0v) is 17.3. The minimum Gasteiger partial charge on any atom is -0.374 e. The molecule has 2 unspecified atom stereocenters. The van der Waals surface area contributed by atoms with Crippen LogP contribution in [-0.2, 0) is 23.1 Å². The molecule has 0 bridgehead atoms. The number of rotatable bonds is 7. The fourth-order valence-corrected chi connectivity index (χ4v) is 4.82. The highest BCUT2D eigenvalue weighted by atomic mass is 31.2. The molecule has 1 saturated carbocycles. The molecule has 3 rings (SSSR count). The molecule has 0 amide bonds. The van der Waals surface area contributed by atoms with Crippen molar-refractivity contribution in [3.8, 4) is 0 Å². The molecule has 5 atom stereocenters. The zero-order chi connectivity index (χ0) is 20.7. The first kappa shape index (κ1) is 21.4. The van der Waals surface area contributed by atoms with Crippen molar-refractivity contribution in [1.29, 1.82) is 0 Å². The predicted octanol–water partition coefficient (Wildman–Crippen LogP) is 1.47. The molecular weight excluding hydrogens is 391 g/mol. The van der Waals surface area contributed by atoms with Gasteiger partial charge >= 0.3 is 13.5 Å². The number of methoxy groups -OCH3 is 1. The third kappa shape index (κ3) is 3.53. The van der Waals surface area contributed by atoms with Crippen molar-refractivity contribution in [2.24, 2.45) is 5.92 Å². The molecule has 0 radical (unpaired) electrons. The molecule has 0 aromatic carbocycles. The van der Waals surface area contributed by atoms with E-state index in [1.807, 2.05) is 6.92 Å². The Hall–Kier alpha value is -1.29. The summed E-state index contributed by atoms with van der Waals surface area (Å²) in [4.78, 5) is 36.4. The average molecular weight is 418 g/mol. The standard InChI is InChI=1S/C17H27N2O8P/c1-5-17(11-7-6-8-11)13(27-28(22,23)25-4)12(24-3)15(26-17)19-9-10(2)14(20)18-16(19)21/h9,11-13,15H,5-8H2,1-4H3,(H,22,23)(H,18,20,21)/t12-,13?,15+,17+/m0/s1. The number of aromatic nitrogens is 2. The third-order valence-corrected chi connectivity index (χ3v) is 6.87. The van der Waals surface area contributed by atoms with Gasteiger partial charge in [-0.2, -0.15) is 0 Å². The van der Waals surface area contributed by atoms with Crippen LogP contribution in [0.4, 0.5) is 0 Å². The summed E-state index contributed by atoms with van der Waals surface area (Å²) in [5.41, 5.74) is -1.73. The summed E-state index contributed by atoms with van der Waals surface area (Å²) in [5.74, 6) is 0.0848. The Morgan fingerprint density at radius 2 is 2.07 bits per heavy atom. The topological polar surface area (TPSA) is 129 Å². The van der Waals surface area contributed by atoms with Gasteiger partial charge in [-0.15, -0.1) is 0 Å². The van der Waals surface area contributed by atoms with Crippen molar-refractivity contribution in [3.63, 3.8) is 0 Å². The Balaban J connectivity index is 2.10. The maximum Gasteiger partial charge on any atom is 0.472 e. The normalized spacial score (nSPS) is 32.8. The molecule has 11 heteroatoms. The Bertz CT molecular complexity index is 879. The van der Waals surface area contributed by atoms with Crippen LogP contribution in [0, 0.1) is 12.8 Å². The second-order valence-electron chi connectivity index (χ2n) is 7.30. The van der Waals surface area contributed by atoms with Crippen molar-refractivity contribution >= 4 is 7.82 Å². The Kier molecular flexibility index (Phi) is 6.01. The van der Waals surface area contributed by atoms with Crippen LogP contribution in [0.15, 0.2) is 15.8 Å². The van der Waals surface area contributed by atoms with Gasteiger partial charge in [0.05, 0.1) is 0 Å². The summed E-state index contributed by atoms with van der Waals surface area (Å²) >= 11 is 0. The fraction of sp³-hybridized carbons (Fsp3) is 0.765. The lowest BCUT2D eigenvalue weighted by Crippen LogP contribution is -2.52. The molecule has 2 N–H and O–H groups in total. The van der Waals surface area contributed by atoms with Gasteiger partial charge in [-0.05, 0) is 32.1 Å². The van der Waals surface area contributed by atoms with E-state index < -0.39 is 43.1 Å². The number of nitrogens with zero attached hydrogens (tertiary/aromatic N) is 1. The second-order valence-corrected chi connectivity index (χ2v) is 8.81. The molecule has 1 aromatic rings. The lowest BCUT2D eigenvalue weighted by atomic mass is 9.69. The van der Waals surface area contributed by atoms with Crippen molar-refractivity contribution in [1.82, 2.24) is 9.55 Å². The smallest absolute Gasteiger partial charge is 0.374 e. The number of nitrogens with one attached hydrogen (secondary N) is 1. The Morgan fingerprint density at radius 1 is 1.39 bits per heavy atom. The van der Waals surface area contributed by atoms with Gasteiger partial charge < -0.3 is 14.4 Å². The summed E-state index contributed by atoms with van der Waals surface area (Å²) in [6.07, 6.45) is 1.92. The highest BCUT2D eigenvalue weighted by Gasteiger charge is 2.62. The van der Waals surface area contributed by atoms with Crippen LogP contribution in [-0.4, -0.2) is 46.5 Å². The Morgan fingerprint density at radius 3 is 2.57 bits per heavy atom. The van der Waals surface area contributed by atoms with Gasteiger partial charge in [0.1, 0.15) is 17.8 Å². The van der Waals surface area contributed by atoms with E-state index in [4.69, 9.17) is 14.0 Å². The van der Waals surface area contributed by atoms with Gasteiger partial charge in [-0.3, -0.25) is 23.4 Å². The number of hydrogen-bond acceptors (Lipinski definition) is 7. The Labute approximate surface area is 162 Å². The monoisotopic (exact) mass is 418 g/mol. The number of ether oxygens (including phenoxy) is 2. The molecule has 2 aliphatic rings. The van der Waals surface area contributed by atoms with E-state index in [9.17, 15) is 19.0 Å². The van der Waals surface area contributed by atoms with E-state index in [0.29, 0.717) is 12.0 Å². The molecule has 1 aliphatic heterocycles. The molecule has 10 nitrogen and oxygen atoms in total. The van der Waals surface area contributed by atoms with Crippen LogP contribution in [0.3, 0.4) is 0 Å². The number of phosphoric acid groups is 1. The van der Waals surface area contributed by atoms with E-state index in [1.165, 1.54) is 17.9 Å². The van der Waals surface area contributed by atoms with Gasteiger partial charge in [0.2, 0.25) is 0 Å². The van der Waals surface area contributed by atoms with Crippen LogP contribution in [0.2, 0.25) is 0 Å². The third-order valence-electron chi connectivity index (χ3n) is 5.92. The van der Waals surface area contributed by atoms with Crippen molar-refractivity contribution in [3.05, 3.63) is 32.6 Å². The first-order valence-corrected chi connectivity index (χ1v) is 10.8. The van der Waals surface area contributed by atoms with Crippen LogP contribution >= 0.6 is 7.82 Å². The zero-order valence-electron chi connectivity index (χ0n) is 16.4. The van der Waals surface area contributed by atoms with E-state index in [2.05, 4.69) is 9.51 Å². The van der Waals surface area contributed by atoms with E-state index in [-0.39, 0.29) is 5.92 Å². The van der Waals surface area contributed by atoms with Gasteiger partial charge in [0.25, 0.3) is 5.56 Å². The average Bonchev–Trinajstić information content (AvgIpc) is 2.90. The quantitative estimate of drug-likeness (QED) is 0.637. The molecule has 1 saturated heterocycles. The molecule has 0 spiro atoms. The number of aryl methyl sites for hydroxylation is 1. The minimum absolute atomic E-state index is 0.0848. The highest BCUT2D eigenvalue weighted by Crippen LogP contribution is 2.56. The van der Waals surface area contributed by atoms with Gasteiger partial charge in [-0.25, -0.2) is 9.36 Å². The molecule has 28 heavy (non-hydrogen) atoms. The number of H-pyrrole nitrogens is 1. The molecule has 2 fully saturated rings. The number of aromatic amines is 1. The molecular formula is C17H27N2O8P. The lowest BCUT2D eigenvalue weighted by Gasteiger charge is -2.45. The van der Waals surface area contributed by atoms with Crippen molar-refractivity contribution < 1.29 is 28.0 Å². The summed E-state index contributed by atoms with van der Waals surface area (Å²) < 4.78 is 35.6. The van der Waals surface area contributed by atoms with Crippen molar-refractivity contribution in [2.45, 2.75) is 63.6 Å². The van der Waals surface area contributed by atoms with E-state index >= 15 is 0 Å². The molecule has 158 valence electrons. The SMILES string of the molecule is CC[C@]1(C2CCC2)O[C@@H](n2cc(C)c(=O)[nH]c2=O)[C@@H](OC)C1OP(=O)(O)OC. The number of phosphoric ester groups is 1. The van der Waals surface area contributed by atoms with Crippen LogP contribution in [0.1, 0.15) is 44.4 Å². The highest BCUT2D eigenvalue weighted by molar-refractivity contribution is 7.47. The van der Waals surface area contributed by atoms with Gasteiger partial charge in [0, 0.05) is 26.0 Å². The first-order valence-electron chi connectivity index (χ1n) is 9.28. The largest absolute Gasteiger partial charge is 0.472 e. The molecule has 2 heterocycles. The van der Waals surface area contributed by atoms with E-state index in [0.717, 1.165) is 26.4 Å². The molecule has 1 aliphatic carbocycles.